The van der Waals surface area contributed by atoms with E-state index in [-0.39, 0.29) is 41.6 Å². The number of aliphatic carboxylic acids is 1. The van der Waals surface area contributed by atoms with Gasteiger partial charge in [0.05, 0.1) is 28.6 Å². The van der Waals surface area contributed by atoms with E-state index in [2.05, 4.69) is 0 Å². The van der Waals surface area contributed by atoms with E-state index in [1.165, 1.54) is 0 Å². The van der Waals surface area contributed by atoms with Crippen LogP contribution >= 0.6 is 0 Å². The van der Waals surface area contributed by atoms with Crippen molar-refractivity contribution in [3.63, 3.8) is 0 Å². The zero-order valence-corrected chi connectivity index (χ0v) is 35.5. The summed E-state index contributed by atoms with van der Waals surface area (Å²) in [4.78, 5) is 77.1. The summed E-state index contributed by atoms with van der Waals surface area (Å²) >= 11 is 0. The number of hydrogen-bond donors (Lipinski definition) is 3. The topological polar surface area (TPSA) is 212 Å². The van der Waals surface area contributed by atoms with Crippen molar-refractivity contribution < 1.29 is 48.1 Å². The predicted molar refractivity (Wildman–Crippen MR) is 242 cm³/mol. The molecule has 5 N–H and O–H groups in total. The van der Waals surface area contributed by atoms with Gasteiger partial charge in [0.25, 0.3) is 23.4 Å². The summed E-state index contributed by atoms with van der Waals surface area (Å²) in [6.07, 6.45) is 0.139. The molecule has 0 spiro atoms. The number of rotatable bonds is 20. The van der Waals surface area contributed by atoms with Gasteiger partial charge in [-0.1, -0.05) is 97.9 Å². The highest BCUT2D eigenvalue weighted by atomic mass is 16.6. The lowest BCUT2D eigenvalue weighted by Gasteiger charge is -2.16. The fourth-order valence-electron chi connectivity index (χ4n) is 8.55. The third-order valence-corrected chi connectivity index (χ3v) is 11.6. The number of ether oxygens (including phenoxy) is 3. The van der Waals surface area contributed by atoms with E-state index >= 15 is 0 Å². The number of esters is 1. The zero-order valence-electron chi connectivity index (χ0n) is 35.5. The number of nitrogens with two attached hydrogens (primary N) is 2. The molecule has 1 unspecified atom stereocenters. The number of Topliss-reactive ketones (excluding diaryl/α,β-unsaturated/α-hetero) is 2. The number of carbonyl (C=O) groups is 6. The first-order valence-electron chi connectivity index (χ1n) is 21.3. The lowest BCUT2D eigenvalue weighted by Crippen LogP contribution is -2.31. The first-order chi connectivity index (χ1) is 31.4. The maximum absolute atomic E-state index is 13.7. The number of amides is 2. The standard InChI is InChI=1S/C51H46N4O10/c1-2-37-43(47(57)49(52)59)36-26-34(22-23-38(36)54(37)27-30-12-5-3-6-13-30)63-25-24-41(51(61)62)65-42(56)29-64-40-19-11-18-39-44(40)45(48(58)50(53)60)46(32-20-21-32)55(39)28-33-16-9-10-17-35(33)31-14-7-4-8-15-31/h3-19,22-23,26,32,41H,2,20-21,24-25,27-29H2,1H3,(H2,52,59)(H2,53,60)(H,61,62). The Hall–Kier alpha value is -8.00. The van der Waals surface area contributed by atoms with Gasteiger partial charge in [0.15, 0.2) is 6.61 Å². The van der Waals surface area contributed by atoms with Crippen LogP contribution in [0.2, 0.25) is 0 Å². The SMILES string of the molecule is CCc1c(C(=O)C(N)=O)c2cc(OCCC(OC(=O)COc3cccc4c3c(C(=O)C(N)=O)c(C3CC3)n4Cc3ccccc3-c3ccccc3)C(=O)O)ccc2n1Cc1ccccc1. The van der Waals surface area contributed by atoms with Crippen molar-refractivity contribution in [2.24, 2.45) is 11.5 Å². The van der Waals surface area contributed by atoms with Crippen molar-refractivity contribution in [3.05, 3.63) is 155 Å². The second-order valence-electron chi connectivity index (χ2n) is 15.8. The molecule has 330 valence electrons. The summed E-state index contributed by atoms with van der Waals surface area (Å²) in [7, 11) is 0. The van der Waals surface area contributed by atoms with Crippen molar-refractivity contribution in [2.75, 3.05) is 13.2 Å². The molecule has 8 rings (SSSR count). The van der Waals surface area contributed by atoms with Crippen molar-refractivity contribution >= 4 is 57.1 Å². The van der Waals surface area contributed by atoms with Crippen LogP contribution in [0, 0.1) is 0 Å². The molecule has 0 aliphatic heterocycles. The predicted octanol–water partition coefficient (Wildman–Crippen LogP) is 6.98. The van der Waals surface area contributed by atoms with Gasteiger partial charge in [-0.3, -0.25) is 19.2 Å². The number of carbonyl (C=O) groups excluding carboxylic acids is 5. The fraction of sp³-hybridized carbons (Fsp3) is 0.216. The van der Waals surface area contributed by atoms with E-state index in [4.69, 9.17) is 25.7 Å². The summed E-state index contributed by atoms with van der Waals surface area (Å²) in [6, 6.07) is 37.6. The van der Waals surface area contributed by atoms with Crippen molar-refractivity contribution in [3.8, 4) is 22.6 Å². The van der Waals surface area contributed by atoms with Gasteiger partial charge in [-0.15, -0.1) is 0 Å². The van der Waals surface area contributed by atoms with Crippen LogP contribution in [-0.2, 0) is 43.4 Å². The largest absolute Gasteiger partial charge is 0.493 e. The van der Waals surface area contributed by atoms with E-state index < -0.39 is 48.0 Å². The minimum atomic E-state index is -1.63. The first kappa shape index (κ1) is 43.6. The Morgan fingerprint density at radius 3 is 2.08 bits per heavy atom. The summed E-state index contributed by atoms with van der Waals surface area (Å²) < 4.78 is 21.2. The summed E-state index contributed by atoms with van der Waals surface area (Å²) in [6.45, 7) is 1.74. The molecule has 0 radical (unpaired) electrons. The minimum Gasteiger partial charge on any atom is -0.493 e. The van der Waals surface area contributed by atoms with E-state index in [1.807, 2.05) is 107 Å². The highest BCUT2D eigenvalue weighted by Crippen LogP contribution is 2.47. The van der Waals surface area contributed by atoms with Crippen LogP contribution in [0.1, 0.15) is 75.3 Å². The van der Waals surface area contributed by atoms with Gasteiger partial charge in [0.2, 0.25) is 6.10 Å². The lowest BCUT2D eigenvalue weighted by molar-refractivity contribution is -0.166. The first-order valence-corrected chi connectivity index (χ1v) is 21.3. The Balaban J connectivity index is 1.00. The molecule has 1 aliphatic rings. The van der Waals surface area contributed by atoms with Crippen LogP contribution in [0.4, 0.5) is 0 Å². The number of hydrogen-bond acceptors (Lipinski definition) is 9. The van der Waals surface area contributed by atoms with Crippen molar-refractivity contribution in [1.29, 1.82) is 0 Å². The molecular formula is C51H46N4O10. The van der Waals surface area contributed by atoms with Crippen LogP contribution in [0.3, 0.4) is 0 Å². The number of primary amides is 2. The van der Waals surface area contributed by atoms with Gasteiger partial charge < -0.3 is 39.9 Å². The Kier molecular flexibility index (Phi) is 12.6. The second kappa shape index (κ2) is 18.8. The Morgan fingerprint density at radius 2 is 1.40 bits per heavy atom. The van der Waals surface area contributed by atoms with Gasteiger partial charge in [-0.05, 0) is 71.8 Å². The quantitative estimate of drug-likeness (QED) is 0.0406. The molecule has 1 atom stereocenters. The molecule has 14 nitrogen and oxygen atoms in total. The summed E-state index contributed by atoms with van der Waals surface area (Å²) in [5, 5.41) is 10.8. The van der Waals surface area contributed by atoms with Crippen LogP contribution < -0.4 is 20.9 Å². The molecule has 0 saturated heterocycles. The maximum atomic E-state index is 13.7. The molecular weight excluding hydrogens is 829 g/mol. The van der Waals surface area contributed by atoms with Gasteiger partial charge >= 0.3 is 11.9 Å². The maximum Gasteiger partial charge on any atom is 0.345 e. The normalized spacial score (nSPS) is 12.8. The number of aromatic nitrogens is 2. The van der Waals surface area contributed by atoms with Gasteiger partial charge in [-0.25, -0.2) is 9.59 Å². The number of fused-ring (bicyclic) bond motifs is 2. The third-order valence-electron chi connectivity index (χ3n) is 11.6. The second-order valence-corrected chi connectivity index (χ2v) is 15.8. The molecule has 2 amide bonds. The van der Waals surface area contributed by atoms with Gasteiger partial charge in [0, 0.05) is 47.7 Å². The Bertz CT molecular complexity index is 2990. The van der Waals surface area contributed by atoms with E-state index in [0.29, 0.717) is 52.7 Å². The number of nitrogens with zero attached hydrogens (tertiary/aromatic N) is 2. The molecule has 65 heavy (non-hydrogen) atoms. The molecule has 7 aromatic rings. The van der Waals surface area contributed by atoms with E-state index in [1.54, 1.807) is 30.3 Å². The average Bonchev–Trinajstić information content (AvgIpc) is 4.04. The number of benzene rings is 5. The summed E-state index contributed by atoms with van der Waals surface area (Å²) in [5.41, 5.74) is 17.9. The molecule has 5 aromatic carbocycles. The van der Waals surface area contributed by atoms with Crippen molar-refractivity contribution in [2.45, 2.75) is 57.7 Å². The van der Waals surface area contributed by atoms with Gasteiger partial charge in [0.1, 0.15) is 11.5 Å². The molecule has 1 aliphatic carbocycles. The van der Waals surface area contributed by atoms with Crippen LogP contribution in [0.25, 0.3) is 32.9 Å². The van der Waals surface area contributed by atoms with Crippen LogP contribution in [0.15, 0.2) is 121 Å². The van der Waals surface area contributed by atoms with Gasteiger partial charge in [-0.2, -0.15) is 0 Å². The molecule has 1 fully saturated rings. The molecule has 2 heterocycles. The number of carboxylic acids is 1. The van der Waals surface area contributed by atoms with Crippen LogP contribution in [0.5, 0.6) is 11.5 Å². The highest BCUT2D eigenvalue weighted by Gasteiger charge is 2.37. The molecule has 1 saturated carbocycles. The minimum absolute atomic E-state index is 0.0166. The number of ketones is 2. The van der Waals surface area contributed by atoms with E-state index in [0.717, 1.165) is 35.1 Å². The fourth-order valence-corrected chi connectivity index (χ4v) is 8.55. The highest BCUT2D eigenvalue weighted by molar-refractivity contribution is 6.45. The zero-order chi connectivity index (χ0) is 45.8. The Labute approximate surface area is 373 Å². The van der Waals surface area contributed by atoms with E-state index in [9.17, 15) is 33.9 Å². The lowest BCUT2D eigenvalue weighted by atomic mass is 9.99. The average molecular weight is 875 g/mol. The molecule has 14 heteroatoms. The smallest absolute Gasteiger partial charge is 0.345 e. The number of carboxylic acid groups (broad SMARTS) is 1. The third kappa shape index (κ3) is 9.09. The molecule has 0 bridgehead atoms. The van der Waals surface area contributed by atoms with Crippen LogP contribution in [-0.4, -0.2) is 68.9 Å². The summed E-state index contributed by atoms with van der Waals surface area (Å²) in [5.74, 6) is -6.00. The Morgan fingerprint density at radius 1 is 0.723 bits per heavy atom. The van der Waals surface area contributed by atoms with Crippen molar-refractivity contribution in [1.82, 2.24) is 9.13 Å². The monoisotopic (exact) mass is 874 g/mol. The molecule has 2 aromatic heterocycles.